The van der Waals surface area contributed by atoms with E-state index in [1.165, 1.54) is 24.5 Å². The molecule has 1 rings (SSSR count). The van der Waals surface area contributed by atoms with Crippen molar-refractivity contribution in [1.29, 1.82) is 0 Å². The second-order valence-corrected chi connectivity index (χ2v) is 3.08. The number of allylic oxidation sites excluding steroid dienone is 1. The zero-order valence-corrected chi connectivity index (χ0v) is 8.53. The fourth-order valence-electron chi connectivity index (χ4n) is 1.10. The summed E-state index contributed by atoms with van der Waals surface area (Å²) in [6, 6.07) is 4.38. The van der Waals surface area contributed by atoms with E-state index in [0.717, 1.165) is 12.1 Å². The van der Waals surface area contributed by atoms with E-state index in [-0.39, 0.29) is 12.9 Å². The molecule has 0 fully saturated rings. The van der Waals surface area contributed by atoms with Gasteiger partial charge in [-0.1, -0.05) is 31.7 Å². The fourth-order valence-corrected chi connectivity index (χ4v) is 1.10. The van der Waals surface area contributed by atoms with Crippen LogP contribution in [0.15, 0.2) is 36.6 Å². The molecular formula is C11H14BF3O2. The average Bonchev–Trinajstić information content (AvgIpc) is 2.25. The highest BCUT2D eigenvalue weighted by molar-refractivity contribution is 6.60. The van der Waals surface area contributed by atoms with E-state index in [2.05, 4.69) is 0 Å². The summed E-state index contributed by atoms with van der Waals surface area (Å²) < 4.78 is 41.8. The summed E-state index contributed by atoms with van der Waals surface area (Å²) >= 11 is 0. The lowest BCUT2D eigenvalue weighted by Gasteiger charge is -2.09. The summed E-state index contributed by atoms with van der Waals surface area (Å²) in [4.78, 5) is 0. The van der Waals surface area contributed by atoms with Crippen LogP contribution in [-0.4, -0.2) is 12.1 Å². The minimum atomic E-state index is -4.42. The molecular weight excluding hydrogens is 232 g/mol. The Balaban J connectivity index is 0.00000256. The third-order valence-corrected chi connectivity index (χ3v) is 1.84. The largest absolute Gasteiger partial charge is 0.559 e. The minimum absolute atomic E-state index is 0. The highest BCUT2D eigenvalue weighted by Crippen LogP contribution is 2.28. The molecule has 0 amide bonds. The number of rotatable bonds is 3. The number of halogens is 3. The third-order valence-electron chi connectivity index (χ3n) is 1.84. The van der Waals surface area contributed by atoms with E-state index in [9.17, 15) is 18.2 Å². The van der Waals surface area contributed by atoms with Crippen molar-refractivity contribution in [3.05, 3.63) is 42.2 Å². The van der Waals surface area contributed by atoms with Crippen molar-refractivity contribution in [2.24, 2.45) is 0 Å². The summed E-state index contributed by atoms with van der Waals surface area (Å²) in [6.45, 7) is 1.67. The Hall–Kier alpha value is -1.43. The highest BCUT2D eigenvalue weighted by Gasteiger charge is 2.31. The predicted molar refractivity (Wildman–Crippen MR) is 61.7 cm³/mol. The average molecular weight is 246 g/mol. The first-order valence-corrected chi connectivity index (χ1v) is 4.57. The van der Waals surface area contributed by atoms with Crippen LogP contribution in [0, 0.1) is 0 Å². The van der Waals surface area contributed by atoms with Gasteiger partial charge in [-0.15, -0.1) is 0 Å². The molecule has 6 heteroatoms. The summed E-state index contributed by atoms with van der Waals surface area (Å²) in [5.41, 5.74) is -0.749. The lowest BCUT2D eigenvalue weighted by Crippen LogP contribution is -2.32. The minimum Gasteiger partial charge on any atom is -0.539 e. The first-order valence-electron chi connectivity index (χ1n) is 4.57. The molecule has 0 aliphatic carbocycles. The van der Waals surface area contributed by atoms with Crippen LogP contribution in [0.1, 0.15) is 19.9 Å². The van der Waals surface area contributed by atoms with Crippen LogP contribution in [0.25, 0.3) is 0 Å². The van der Waals surface area contributed by atoms with Crippen molar-refractivity contribution in [2.75, 3.05) is 0 Å². The van der Waals surface area contributed by atoms with Crippen molar-refractivity contribution in [2.45, 2.75) is 20.5 Å². The second kappa shape index (κ2) is 6.34. The molecule has 0 spiro atoms. The maximum Gasteiger partial charge on any atom is 0.559 e. The van der Waals surface area contributed by atoms with Crippen LogP contribution < -0.4 is 5.46 Å². The molecule has 17 heavy (non-hydrogen) atoms. The van der Waals surface area contributed by atoms with E-state index in [1.54, 1.807) is 6.92 Å². The van der Waals surface area contributed by atoms with Crippen molar-refractivity contribution in [1.82, 2.24) is 0 Å². The molecule has 1 N–H and O–H groups in total. The van der Waals surface area contributed by atoms with Gasteiger partial charge >= 0.3 is 13.3 Å². The first kappa shape index (κ1) is 15.6. The Morgan fingerprint density at radius 3 is 2.53 bits per heavy atom. The van der Waals surface area contributed by atoms with E-state index in [0.29, 0.717) is 0 Å². The van der Waals surface area contributed by atoms with E-state index in [4.69, 9.17) is 4.65 Å². The van der Waals surface area contributed by atoms with Crippen molar-refractivity contribution < 1.29 is 22.8 Å². The van der Waals surface area contributed by atoms with E-state index in [1.807, 2.05) is 0 Å². The van der Waals surface area contributed by atoms with E-state index < -0.39 is 18.9 Å². The van der Waals surface area contributed by atoms with Crippen LogP contribution >= 0.6 is 0 Å². The van der Waals surface area contributed by atoms with Gasteiger partial charge in [0.05, 0.1) is 11.8 Å². The smallest absolute Gasteiger partial charge is 0.539 e. The fraction of sp³-hybridized carbons (Fsp3) is 0.273. The SMILES string of the molecule is C.CC=COB(O)c1cccc(C(F)(F)F)c1. The van der Waals surface area contributed by atoms with E-state index >= 15 is 0 Å². The molecule has 0 saturated heterocycles. The van der Waals surface area contributed by atoms with Gasteiger partial charge < -0.3 is 9.68 Å². The zero-order valence-electron chi connectivity index (χ0n) is 8.53. The standard InChI is InChI=1S/C10H10BF3O2.CH4/c1-2-6-16-11(15)9-5-3-4-8(7-9)10(12,13)14;/h2-7,15H,1H3;1H4. The quantitative estimate of drug-likeness (QED) is 0.656. The van der Waals surface area contributed by atoms with Gasteiger partial charge in [0.1, 0.15) is 0 Å². The molecule has 0 radical (unpaired) electrons. The van der Waals surface area contributed by atoms with Crippen molar-refractivity contribution >= 4 is 12.6 Å². The lowest BCUT2D eigenvalue weighted by molar-refractivity contribution is -0.137. The number of hydrogen-bond donors (Lipinski definition) is 1. The Morgan fingerprint density at radius 1 is 1.35 bits per heavy atom. The Bertz CT molecular complexity index is 377. The van der Waals surface area contributed by atoms with Gasteiger partial charge in [0.2, 0.25) is 0 Å². The molecule has 2 nitrogen and oxygen atoms in total. The molecule has 1 aromatic rings. The summed E-state index contributed by atoms with van der Waals surface area (Å²) in [6.07, 6.45) is -1.68. The van der Waals surface area contributed by atoms with Gasteiger partial charge in [-0.25, -0.2) is 0 Å². The van der Waals surface area contributed by atoms with Gasteiger partial charge in [-0.05, 0) is 18.5 Å². The molecule has 94 valence electrons. The van der Waals surface area contributed by atoms with Crippen LogP contribution in [0.4, 0.5) is 13.2 Å². The summed E-state index contributed by atoms with van der Waals surface area (Å²) in [7, 11) is -1.39. The highest BCUT2D eigenvalue weighted by atomic mass is 19.4. The second-order valence-electron chi connectivity index (χ2n) is 3.08. The van der Waals surface area contributed by atoms with Gasteiger partial charge in [-0.2, -0.15) is 13.2 Å². The van der Waals surface area contributed by atoms with Gasteiger partial charge in [0.15, 0.2) is 0 Å². The maximum absolute atomic E-state index is 12.3. The molecule has 1 aromatic carbocycles. The normalized spacial score (nSPS) is 11.1. The molecule has 0 bridgehead atoms. The molecule has 0 aromatic heterocycles. The predicted octanol–water partition coefficient (Wildman–Crippen LogP) is 2.58. The van der Waals surface area contributed by atoms with Gasteiger partial charge in [0, 0.05) is 0 Å². The van der Waals surface area contributed by atoms with Gasteiger partial charge in [-0.3, -0.25) is 0 Å². The van der Waals surface area contributed by atoms with Gasteiger partial charge in [0.25, 0.3) is 0 Å². The third kappa shape index (κ3) is 4.52. The molecule has 0 unspecified atom stereocenters. The number of hydrogen-bond acceptors (Lipinski definition) is 2. The number of alkyl halides is 3. The van der Waals surface area contributed by atoms with Crippen molar-refractivity contribution in [3.8, 4) is 0 Å². The topological polar surface area (TPSA) is 29.5 Å². The molecule has 0 aliphatic rings. The van der Waals surface area contributed by atoms with Crippen LogP contribution in [0.2, 0.25) is 0 Å². The molecule has 0 atom stereocenters. The molecule has 0 heterocycles. The Labute approximate surface area is 98.9 Å². The zero-order chi connectivity index (χ0) is 12.2. The van der Waals surface area contributed by atoms with Crippen LogP contribution in [-0.2, 0) is 10.8 Å². The van der Waals surface area contributed by atoms with Crippen molar-refractivity contribution in [3.63, 3.8) is 0 Å². The molecule has 0 saturated carbocycles. The van der Waals surface area contributed by atoms with Crippen LogP contribution in [0.5, 0.6) is 0 Å². The maximum atomic E-state index is 12.3. The molecule has 0 aliphatic heterocycles. The monoisotopic (exact) mass is 246 g/mol. The Morgan fingerprint density at radius 2 is 2.00 bits per heavy atom. The first-order chi connectivity index (χ1) is 7.45. The summed E-state index contributed by atoms with van der Waals surface area (Å²) in [5.74, 6) is 0. The Kier molecular flexibility index (Phi) is 5.81. The summed E-state index contributed by atoms with van der Waals surface area (Å²) in [5, 5.41) is 9.40. The van der Waals surface area contributed by atoms with Crippen LogP contribution in [0.3, 0.4) is 0 Å². The number of benzene rings is 1. The lowest BCUT2D eigenvalue weighted by atomic mass is 9.79.